The van der Waals surface area contributed by atoms with Crippen LogP contribution in [-0.2, 0) is 23.8 Å². The zero-order valence-electron chi connectivity index (χ0n) is 13.7. The summed E-state index contributed by atoms with van der Waals surface area (Å²) < 4.78 is 10.5. The molecule has 1 aromatic rings. The molecule has 0 aromatic carbocycles. The molecular weight excluding hydrogens is 367 g/mol. The highest BCUT2D eigenvalue weighted by Gasteiger charge is 2.36. The van der Waals surface area contributed by atoms with Crippen molar-refractivity contribution >= 4 is 36.0 Å². The minimum Gasteiger partial charge on any atom is -0.481 e. The summed E-state index contributed by atoms with van der Waals surface area (Å²) in [5, 5.41) is 35.7. The number of rotatable bonds is 8. The molecule has 10 nitrogen and oxygen atoms in total. The normalized spacial score (nSPS) is 21.2. The Morgan fingerprint density at radius 3 is 2.92 bits per heavy atom. The Morgan fingerprint density at radius 2 is 2.27 bits per heavy atom. The zero-order valence-corrected chi connectivity index (χ0v) is 14.6. The van der Waals surface area contributed by atoms with E-state index in [1.54, 1.807) is 17.5 Å². The summed E-state index contributed by atoms with van der Waals surface area (Å²) in [6, 6.07) is 3.41. The summed E-state index contributed by atoms with van der Waals surface area (Å²) >= 11 is 1.27. The number of oxime groups is 1. The minimum absolute atomic E-state index is 0.0127. The number of carboxylic acid groups (broad SMARTS) is 1. The van der Waals surface area contributed by atoms with Crippen molar-refractivity contribution in [1.29, 1.82) is 0 Å². The number of hydrogen-bond acceptors (Lipinski definition) is 9. The molecule has 1 aliphatic heterocycles. The van der Waals surface area contributed by atoms with Crippen molar-refractivity contribution in [3.8, 4) is 0 Å². The van der Waals surface area contributed by atoms with E-state index in [-0.39, 0.29) is 38.6 Å². The van der Waals surface area contributed by atoms with Gasteiger partial charge in [0.25, 0.3) is 5.91 Å². The highest BCUT2D eigenvalue weighted by Crippen LogP contribution is 2.13. The maximum absolute atomic E-state index is 12.5. The van der Waals surface area contributed by atoms with Crippen LogP contribution in [0.3, 0.4) is 0 Å². The van der Waals surface area contributed by atoms with Crippen LogP contribution in [0.2, 0.25) is 0 Å². The molecule has 1 aliphatic rings. The SMILES string of the molecule is O=C(O)C[C@H]1COC[C@H](NC(=O)C(=NOCCO)c2cccs2)B(O)O1. The van der Waals surface area contributed by atoms with E-state index in [4.69, 9.17) is 24.4 Å². The van der Waals surface area contributed by atoms with Gasteiger partial charge in [-0.3, -0.25) is 9.59 Å². The molecule has 0 aliphatic carbocycles. The van der Waals surface area contributed by atoms with Gasteiger partial charge in [-0.1, -0.05) is 11.2 Å². The van der Waals surface area contributed by atoms with Gasteiger partial charge in [0.05, 0.1) is 43.2 Å². The minimum atomic E-state index is -1.44. The smallest absolute Gasteiger partial charge is 0.480 e. The monoisotopic (exact) mass is 386 g/mol. The molecule has 2 heterocycles. The number of carbonyl (C=O) groups excluding carboxylic acids is 1. The fourth-order valence-electron chi connectivity index (χ4n) is 2.15. The molecule has 0 spiro atoms. The van der Waals surface area contributed by atoms with Crippen LogP contribution >= 0.6 is 11.3 Å². The molecule has 26 heavy (non-hydrogen) atoms. The van der Waals surface area contributed by atoms with E-state index in [9.17, 15) is 14.6 Å². The lowest BCUT2D eigenvalue weighted by molar-refractivity contribution is -0.139. The maximum atomic E-state index is 12.5. The van der Waals surface area contributed by atoms with Gasteiger partial charge in [-0.05, 0) is 11.4 Å². The molecule has 0 saturated carbocycles. The van der Waals surface area contributed by atoms with Crippen LogP contribution < -0.4 is 5.32 Å². The van der Waals surface area contributed by atoms with Gasteiger partial charge >= 0.3 is 13.1 Å². The Balaban J connectivity index is 2.03. The molecule has 0 bridgehead atoms. The summed E-state index contributed by atoms with van der Waals surface area (Å²) in [5.74, 6) is -2.62. The fourth-order valence-corrected chi connectivity index (χ4v) is 2.86. The average molecular weight is 386 g/mol. The van der Waals surface area contributed by atoms with Crippen LogP contribution in [0, 0.1) is 0 Å². The first kappa shape index (κ1) is 20.3. The van der Waals surface area contributed by atoms with Crippen molar-refractivity contribution in [3.63, 3.8) is 0 Å². The number of carboxylic acids is 1. The standard InChI is InChI=1S/C14H19BN2O8S/c18-3-4-24-17-13(10-2-1-5-26-10)14(21)16-11-8-23-7-9(6-12(19)20)25-15(11)22/h1-2,5,9,11,18,22H,3-4,6-8H2,(H,16,21)(H,19,20)/t9-,11-/m0/s1. The number of aliphatic hydroxyl groups excluding tert-OH is 1. The van der Waals surface area contributed by atoms with Gasteiger partial charge in [0.15, 0.2) is 5.71 Å². The van der Waals surface area contributed by atoms with E-state index >= 15 is 0 Å². The summed E-state index contributed by atoms with van der Waals surface area (Å²) in [6.45, 7) is -0.395. The molecule has 2 rings (SSSR count). The lowest BCUT2D eigenvalue weighted by Gasteiger charge is -2.19. The zero-order chi connectivity index (χ0) is 18.9. The van der Waals surface area contributed by atoms with Crippen LogP contribution in [-0.4, -0.2) is 78.4 Å². The van der Waals surface area contributed by atoms with Gasteiger partial charge in [0.2, 0.25) is 0 Å². The van der Waals surface area contributed by atoms with Gasteiger partial charge < -0.3 is 34.8 Å². The van der Waals surface area contributed by atoms with E-state index in [1.807, 2.05) is 0 Å². The van der Waals surface area contributed by atoms with Gasteiger partial charge in [0.1, 0.15) is 6.61 Å². The molecular formula is C14H19BN2O8S. The van der Waals surface area contributed by atoms with Crippen molar-refractivity contribution < 1.29 is 39.1 Å². The lowest BCUT2D eigenvalue weighted by atomic mass is 9.79. The number of hydrogen-bond donors (Lipinski definition) is 4. The Morgan fingerprint density at radius 1 is 1.46 bits per heavy atom. The number of thiophene rings is 1. The van der Waals surface area contributed by atoms with E-state index in [2.05, 4.69) is 10.5 Å². The van der Waals surface area contributed by atoms with Crippen molar-refractivity contribution in [3.05, 3.63) is 22.4 Å². The van der Waals surface area contributed by atoms with Crippen molar-refractivity contribution in [2.24, 2.45) is 5.16 Å². The largest absolute Gasteiger partial charge is 0.481 e. The number of ether oxygens (including phenoxy) is 1. The van der Waals surface area contributed by atoms with E-state index in [0.717, 1.165) is 0 Å². The molecule has 2 atom stereocenters. The second-order valence-corrected chi connectivity index (χ2v) is 6.29. The predicted octanol–water partition coefficient (Wildman–Crippen LogP) is -1.14. The third-order valence-corrected chi connectivity index (χ3v) is 4.18. The second-order valence-electron chi connectivity index (χ2n) is 5.34. The van der Waals surface area contributed by atoms with Crippen molar-refractivity contribution in [1.82, 2.24) is 5.32 Å². The molecule has 1 fully saturated rings. The molecule has 4 N–H and O–H groups in total. The quantitative estimate of drug-likeness (QED) is 0.190. The summed E-state index contributed by atoms with van der Waals surface area (Å²) in [5.41, 5.74) is -0.0213. The Hall–Kier alpha value is -1.99. The first-order valence-corrected chi connectivity index (χ1v) is 8.68. The highest BCUT2D eigenvalue weighted by molar-refractivity contribution is 7.13. The van der Waals surface area contributed by atoms with Gasteiger partial charge in [0, 0.05) is 0 Å². The van der Waals surface area contributed by atoms with Crippen molar-refractivity contribution in [2.45, 2.75) is 18.5 Å². The third-order valence-electron chi connectivity index (χ3n) is 3.30. The van der Waals surface area contributed by atoms with Gasteiger partial charge in [-0.15, -0.1) is 11.3 Å². The molecule has 1 saturated heterocycles. The predicted molar refractivity (Wildman–Crippen MR) is 91.7 cm³/mol. The Kier molecular flexibility index (Phi) is 8.00. The van der Waals surface area contributed by atoms with E-state index in [1.165, 1.54) is 11.3 Å². The molecule has 1 amide bonds. The number of aliphatic carboxylic acids is 1. The molecule has 0 unspecified atom stereocenters. The van der Waals surface area contributed by atoms with Crippen LogP contribution in [0.1, 0.15) is 11.3 Å². The number of nitrogens with one attached hydrogen (secondary N) is 1. The number of amides is 1. The summed E-state index contributed by atoms with van der Waals surface area (Å²) in [4.78, 5) is 28.7. The third kappa shape index (κ3) is 6.07. The maximum Gasteiger partial charge on any atom is 0.480 e. The fraction of sp³-hybridized carbons (Fsp3) is 0.500. The van der Waals surface area contributed by atoms with Crippen LogP contribution in [0.15, 0.2) is 22.7 Å². The van der Waals surface area contributed by atoms with Crippen LogP contribution in [0.4, 0.5) is 0 Å². The van der Waals surface area contributed by atoms with Gasteiger partial charge in [-0.25, -0.2) is 0 Å². The average Bonchev–Trinajstić information content (AvgIpc) is 3.05. The number of nitrogens with zero attached hydrogens (tertiary/aromatic N) is 1. The lowest BCUT2D eigenvalue weighted by Crippen LogP contribution is -2.52. The number of aliphatic hydroxyl groups is 1. The van der Waals surface area contributed by atoms with Crippen molar-refractivity contribution in [2.75, 3.05) is 26.4 Å². The molecule has 12 heteroatoms. The first-order valence-electron chi connectivity index (χ1n) is 7.80. The highest BCUT2D eigenvalue weighted by atomic mass is 32.1. The second kappa shape index (κ2) is 10.2. The molecule has 0 radical (unpaired) electrons. The number of carbonyl (C=O) groups is 2. The Labute approximate surface area is 153 Å². The van der Waals surface area contributed by atoms with Crippen LogP contribution in [0.5, 0.6) is 0 Å². The van der Waals surface area contributed by atoms with E-state index in [0.29, 0.717) is 4.88 Å². The first-order chi connectivity index (χ1) is 12.5. The topological polar surface area (TPSA) is 147 Å². The Bertz CT molecular complexity index is 626. The summed E-state index contributed by atoms with van der Waals surface area (Å²) in [6.07, 6.45) is -1.14. The molecule has 1 aromatic heterocycles. The van der Waals surface area contributed by atoms with E-state index < -0.39 is 31.0 Å². The van der Waals surface area contributed by atoms with Crippen LogP contribution in [0.25, 0.3) is 0 Å². The summed E-state index contributed by atoms with van der Waals surface area (Å²) in [7, 11) is -1.44. The van der Waals surface area contributed by atoms with Gasteiger partial charge in [-0.2, -0.15) is 0 Å². The molecule has 142 valence electrons.